The molecule has 4 amide bonds. The maximum absolute atomic E-state index is 13.2. The third-order valence-electron chi connectivity index (χ3n) is 6.10. The molecular formula is C25H20F6N6O5. The number of ketones is 1. The SMILES string of the molecule is CNC(=O)C(=O)C(CC1CCNC1=O)NC(=O)c1cc(C#N)cnc1NC(=O)c1cc(C(F)(F)F)cc(C(F)(F)F)c1. The first-order valence-electron chi connectivity index (χ1n) is 11.9. The van der Waals surface area contributed by atoms with Crippen LogP contribution in [0, 0.1) is 17.2 Å². The molecule has 0 saturated carbocycles. The molecule has 1 fully saturated rings. The van der Waals surface area contributed by atoms with Crippen LogP contribution >= 0.6 is 0 Å². The van der Waals surface area contributed by atoms with Crippen molar-refractivity contribution in [2.24, 2.45) is 5.92 Å². The second-order valence-corrected chi connectivity index (χ2v) is 8.96. The number of nitriles is 1. The van der Waals surface area contributed by atoms with Gasteiger partial charge in [0.15, 0.2) is 0 Å². The monoisotopic (exact) mass is 598 g/mol. The Morgan fingerprint density at radius 3 is 2.17 bits per heavy atom. The van der Waals surface area contributed by atoms with Crippen LogP contribution in [-0.2, 0) is 26.7 Å². The molecule has 0 spiro atoms. The number of alkyl halides is 6. The summed E-state index contributed by atoms with van der Waals surface area (Å²) >= 11 is 0. The van der Waals surface area contributed by atoms with E-state index in [1.165, 1.54) is 0 Å². The molecule has 2 aromatic rings. The van der Waals surface area contributed by atoms with Gasteiger partial charge in [-0.1, -0.05) is 0 Å². The number of carbonyl (C=O) groups excluding carboxylic acids is 5. The van der Waals surface area contributed by atoms with Crippen molar-refractivity contribution in [2.45, 2.75) is 31.2 Å². The van der Waals surface area contributed by atoms with Gasteiger partial charge in [0.1, 0.15) is 11.9 Å². The van der Waals surface area contributed by atoms with E-state index < -0.39 is 81.8 Å². The first-order chi connectivity index (χ1) is 19.5. The smallest absolute Gasteiger partial charge is 0.356 e. The van der Waals surface area contributed by atoms with Crippen molar-refractivity contribution in [3.05, 3.63) is 58.3 Å². The van der Waals surface area contributed by atoms with Crippen LogP contribution in [0.4, 0.5) is 32.2 Å². The van der Waals surface area contributed by atoms with Gasteiger partial charge < -0.3 is 21.3 Å². The lowest BCUT2D eigenvalue weighted by Crippen LogP contribution is -2.48. The summed E-state index contributed by atoms with van der Waals surface area (Å²) in [5.41, 5.74) is -5.47. The van der Waals surface area contributed by atoms with Crippen molar-refractivity contribution in [2.75, 3.05) is 18.9 Å². The Balaban J connectivity index is 1.98. The minimum absolute atomic E-state index is 0.165. The minimum Gasteiger partial charge on any atom is -0.356 e. The van der Waals surface area contributed by atoms with E-state index in [1.54, 1.807) is 6.07 Å². The third kappa shape index (κ3) is 7.38. The van der Waals surface area contributed by atoms with Gasteiger partial charge in [0.2, 0.25) is 11.7 Å². The fourth-order valence-electron chi connectivity index (χ4n) is 3.97. The van der Waals surface area contributed by atoms with Crippen molar-refractivity contribution in [3.8, 4) is 6.07 Å². The summed E-state index contributed by atoms with van der Waals surface area (Å²) < 4.78 is 79.5. The summed E-state index contributed by atoms with van der Waals surface area (Å²) in [5.74, 6) is -6.83. The Bertz CT molecular complexity index is 1450. The number of amides is 4. The topological polar surface area (TPSA) is 170 Å². The van der Waals surface area contributed by atoms with E-state index in [0.717, 1.165) is 19.3 Å². The van der Waals surface area contributed by atoms with Crippen molar-refractivity contribution in [3.63, 3.8) is 0 Å². The fraction of sp³-hybridized carbons (Fsp3) is 0.320. The highest BCUT2D eigenvalue weighted by Crippen LogP contribution is 2.36. The average molecular weight is 598 g/mol. The van der Waals surface area contributed by atoms with Gasteiger partial charge in [-0.15, -0.1) is 0 Å². The van der Waals surface area contributed by atoms with Gasteiger partial charge in [-0.3, -0.25) is 24.0 Å². The molecule has 0 bridgehead atoms. The van der Waals surface area contributed by atoms with Gasteiger partial charge in [0.25, 0.3) is 17.7 Å². The minimum atomic E-state index is -5.24. The molecule has 2 heterocycles. The molecule has 11 nitrogen and oxygen atoms in total. The van der Waals surface area contributed by atoms with Crippen LogP contribution in [-0.4, -0.2) is 54.0 Å². The lowest BCUT2D eigenvalue weighted by Gasteiger charge is -2.20. The molecule has 2 atom stereocenters. The normalized spacial score (nSPS) is 15.7. The van der Waals surface area contributed by atoms with Crippen LogP contribution < -0.4 is 21.3 Å². The van der Waals surface area contributed by atoms with Crippen molar-refractivity contribution in [1.29, 1.82) is 5.26 Å². The van der Waals surface area contributed by atoms with Crippen molar-refractivity contribution < 1.29 is 50.3 Å². The van der Waals surface area contributed by atoms with Crippen LogP contribution in [0.25, 0.3) is 0 Å². The number of nitrogens with one attached hydrogen (secondary N) is 4. The lowest BCUT2D eigenvalue weighted by molar-refractivity contribution is -0.143. The zero-order valence-corrected chi connectivity index (χ0v) is 21.4. The Morgan fingerprint density at radius 2 is 1.67 bits per heavy atom. The average Bonchev–Trinajstić information content (AvgIpc) is 3.34. The van der Waals surface area contributed by atoms with E-state index in [2.05, 4.69) is 20.9 Å². The fourth-order valence-corrected chi connectivity index (χ4v) is 3.97. The molecule has 1 aliphatic rings. The molecule has 1 aromatic heterocycles. The zero-order valence-electron chi connectivity index (χ0n) is 21.4. The lowest BCUT2D eigenvalue weighted by atomic mass is 9.95. The summed E-state index contributed by atoms with van der Waals surface area (Å²) in [6.07, 6.45) is -9.64. The highest BCUT2D eigenvalue weighted by atomic mass is 19.4. The Kier molecular flexibility index (Phi) is 9.19. The number of benzene rings is 1. The number of anilines is 1. The largest absolute Gasteiger partial charge is 0.416 e. The van der Waals surface area contributed by atoms with Crippen molar-refractivity contribution >= 4 is 35.2 Å². The van der Waals surface area contributed by atoms with E-state index in [9.17, 15) is 55.6 Å². The second-order valence-electron chi connectivity index (χ2n) is 8.96. The highest BCUT2D eigenvalue weighted by Gasteiger charge is 2.38. The predicted molar refractivity (Wildman–Crippen MR) is 129 cm³/mol. The van der Waals surface area contributed by atoms with Gasteiger partial charge in [0.05, 0.1) is 28.3 Å². The maximum Gasteiger partial charge on any atom is 0.416 e. The number of aromatic nitrogens is 1. The van der Waals surface area contributed by atoms with Gasteiger partial charge in [-0.25, -0.2) is 4.98 Å². The number of nitrogens with zero attached hydrogens (tertiary/aromatic N) is 2. The summed E-state index contributed by atoms with van der Waals surface area (Å²) in [6, 6.07) is 1.13. The summed E-state index contributed by atoms with van der Waals surface area (Å²) in [7, 11) is 1.15. The Morgan fingerprint density at radius 1 is 1.05 bits per heavy atom. The first-order valence-corrected chi connectivity index (χ1v) is 11.9. The summed E-state index contributed by atoms with van der Waals surface area (Å²) in [4.78, 5) is 66.4. The molecule has 42 heavy (non-hydrogen) atoms. The number of carbonyl (C=O) groups is 5. The number of likely N-dealkylation sites (N-methyl/N-ethyl adjacent to an activating group) is 1. The van der Waals surface area contributed by atoms with Gasteiger partial charge >= 0.3 is 12.4 Å². The highest BCUT2D eigenvalue weighted by molar-refractivity contribution is 6.38. The molecule has 4 N–H and O–H groups in total. The van der Waals surface area contributed by atoms with Crippen LogP contribution in [0.15, 0.2) is 30.5 Å². The van der Waals surface area contributed by atoms with Crippen molar-refractivity contribution in [1.82, 2.24) is 20.9 Å². The second kappa shape index (κ2) is 12.2. The Labute approximate surface area is 232 Å². The number of pyridine rings is 1. The van der Waals surface area contributed by atoms with E-state index in [-0.39, 0.29) is 43.1 Å². The first kappa shape index (κ1) is 31.5. The van der Waals surface area contributed by atoms with Gasteiger partial charge in [-0.2, -0.15) is 31.6 Å². The standard InChI is InChI=1S/C25H20F6N6O5/c1-33-23(42)18(38)17(7-12-2-3-34-20(12)39)36-22(41)16-4-11(9-32)10-35-19(16)37-21(40)13-5-14(24(26,27)28)8-15(6-13)25(29,30)31/h4-6,8,10,12,17H,2-3,7H2,1H3,(H,33,42)(H,34,39)(H,36,41)(H,35,37,40). The van der Waals surface area contributed by atoms with Crippen LogP contribution in [0.5, 0.6) is 0 Å². The summed E-state index contributed by atoms with van der Waals surface area (Å²) in [6.45, 7) is 0.286. The third-order valence-corrected chi connectivity index (χ3v) is 6.10. The quantitative estimate of drug-likeness (QED) is 0.267. The zero-order chi connectivity index (χ0) is 31.4. The molecule has 1 aromatic carbocycles. The number of Topliss-reactive ketones (excluding diaryl/α,β-unsaturated/α-hetero) is 1. The van der Waals surface area contributed by atoms with Crippen LogP contribution in [0.1, 0.15) is 50.2 Å². The van der Waals surface area contributed by atoms with Crippen LogP contribution in [0.3, 0.4) is 0 Å². The summed E-state index contributed by atoms with van der Waals surface area (Å²) in [5, 5.41) is 18.0. The number of hydrogen-bond acceptors (Lipinski definition) is 7. The molecule has 17 heteroatoms. The van der Waals surface area contributed by atoms with E-state index >= 15 is 0 Å². The molecule has 0 aliphatic carbocycles. The Hall–Kier alpha value is -5.01. The van der Waals surface area contributed by atoms with Gasteiger partial charge in [0, 0.05) is 31.3 Å². The molecule has 3 rings (SSSR count). The maximum atomic E-state index is 13.2. The van der Waals surface area contributed by atoms with E-state index in [1.807, 2.05) is 5.32 Å². The molecule has 1 aliphatic heterocycles. The predicted octanol–water partition coefficient (Wildman–Crippen LogP) is 2.18. The molecule has 222 valence electrons. The van der Waals surface area contributed by atoms with Crippen LogP contribution in [0.2, 0.25) is 0 Å². The van der Waals surface area contributed by atoms with E-state index in [0.29, 0.717) is 0 Å². The number of rotatable bonds is 8. The molecule has 0 radical (unpaired) electrons. The van der Waals surface area contributed by atoms with Gasteiger partial charge in [-0.05, 0) is 37.1 Å². The number of halogens is 6. The molecule has 2 unspecified atom stereocenters. The number of hydrogen-bond donors (Lipinski definition) is 4. The molecular weight excluding hydrogens is 578 g/mol. The van der Waals surface area contributed by atoms with E-state index in [4.69, 9.17) is 0 Å². The molecule has 1 saturated heterocycles.